The van der Waals surface area contributed by atoms with E-state index in [1.54, 1.807) is 24.3 Å². The first-order valence-corrected chi connectivity index (χ1v) is 6.11. The maximum absolute atomic E-state index is 11.5. The van der Waals surface area contributed by atoms with E-state index in [0.717, 1.165) is 0 Å². The van der Waals surface area contributed by atoms with Gasteiger partial charge in [-0.3, -0.25) is 0 Å². The Bertz CT molecular complexity index is 673. The first kappa shape index (κ1) is 14.0. The van der Waals surface area contributed by atoms with Gasteiger partial charge >= 0.3 is 5.97 Å². The minimum atomic E-state index is -0.530. The lowest BCUT2D eigenvalue weighted by atomic mass is 10.2. The van der Waals surface area contributed by atoms with Crippen LogP contribution in [-0.2, 0) is 11.3 Å². The number of nitrogens with one attached hydrogen (secondary N) is 1. The average molecular weight is 291 g/mol. The largest absolute Gasteiger partial charge is 0.463 e. The Balaban J connectivity index is 2.12. The van der Waals surface area contributed by atoms with E-state index in [4.69, 9.17) is 21.3 Å². The topological polar surface area (TPSA) is 75.3 Å². The molecular weight excluding hydrogens is 280 g/mol. The van der Waals surface area contributed by atoms with Crippen molar-refractivity contribution >= 4 is 23.3 Å². The Hall–Kier alpha value is -2.45. The monoisotopic (exact) mass is 290 g/mol. The second kappa shape index (κ2) is 6.13. The molecule has 0 amide bonds. The number of nitrogens with zero attached hydrogens (tertiary/aromatic N) is 1. The molecule has 0 radical (unpaired) electrons. The first-order valence-electron chi connectivity index (χ1n) is 5.74. The summed E-state index contributed by atoms with van der Waals surface area (Å²) >= 11 is 6.05. The Kier molecular flexibility index (Phi) is 4.28. The quantitative estimate of drug-likeness (QED) is 0.875. The SMILES string of the molecule is COC(=O)c1occc1CNc1ccc(C#N)cc1Cl. The van der Waals surface area contributed by atoms with Gasteiger partial charge in [-0.15, -0.1) is 0 Å². The minimum Gasteiger partial charge on any atom is -0.463 e. The number of rotatable bonds is 4. The second-order valence-electron chi connectivity index (χ2n) is 3.93. The fourth-order valence-corrected chi connectivity index (χ4v) is 1.91. The molecule has 0 fully saturated rings. The molecule has 1 heterocycles. The Morgan fingerprint density at radius 1 is 1.50 bits per heavy atom. The van der Waals surface area contributed by atoms with Crippen LogP contribution in [0.1, 0.15) is 21.7 Å². The number of ether oxygens (including phenoxy) is 1. The van der Waals surface area contributed by atoms with Crippen molar-refractivity contribution in [1.82, 2.24) is 0 Å². The van der Waals surface area contributed by atoms with Crippen LogP contribution in [-0.4, -0.2) is 13.1 Å². The van der Waals surface area contributed by atoms with Crippen molar-refractivity contribution < 1.29 is 13.9 Å². The van der Waals surface area contributed by atoms with Crippen molar-refractivity contribution in [2.75, 3.05) is 12.4 Å². The lowest BCUT2D eigenvalue weighted by Crippen LogP contribution is -2.07. The van der Waals surface area contributed by atoms with E-state index in [-0.39, 0.29) is 5.76 Å². The summed E-state index contributed by atoms with van der Waals surface area (Å²) in [4.78, 5) is 11.5. The van der Waals surface area contributed by atoms with E-state index in [2.05, 4.69) is 10.1 Å². The van der Waals surface area contributed by atoms with Crippen LogP contribution in [0.2, 0.25) is 5.02 Å². The number of carbonyl (C=O) groups is 1. The number of anilines is 1. The molecule has 0 saturated heterocycles. The van der Waals surface area contributed by atoms with Gasteiger partial charge in [-0.2, -0.15) is 5.26 Å². The van der Waals surface area contributed by atoms with Crippen molar-refractivity contribution in [2.24, 2.45) is 0 Å². The molecule has 0 spiro atoms. The van der Waals surface area contributed by atoms with Crippen LogP contribution < -0.4 is 5.32 Å². The van der Waals surface area contributed by atoms with Gasteiger partial charge in [0.15, 0.2) is 0 Å². The van der Waals surface area contributed by atoms with E-state index in [9.17, 15) is 4.79 Å². The van der Waals surface area contributed by atoms with Crippen LogP contribution in [0.15, 0.2) is 34.9 Å². The van der Waals surface area contributed by atoms with Crippen LogP contribution in [0.25, 0.3) is 0 Å². The minimum absolute atomic E-state index is 0.157. The Labute approximate surface area is 120 Å². The number of carbonyl (C=O) groups excluding carboxylic acids is 1. The van der Waals surface area contributed by atoms with Crippen molar-refractivity contribution in [3.05, 3.63) is 52.4 Å². The highest BCUT2D eigenvalue weighted by atomic mass is 35.5. The third kappa shape index (κ3) is 2.92. The molecule has 102 valence electrons. The number of methoxy groups -OCH3 is 1. The highest BCUT2D eigenvalue weighted by Crippen LogP contribution is 2.24. The zero-order valence-corrected chi connectivity index (χ0v) is 11.4. The third-order valence-electron chi connectivity index (χ3n) is 2.69. The van der Waals surface area contributed by atoms with Gasteiger partial charge in [0.2, 0.25) is 5.76 Å². The number of hydrogen-bond donors (Lipinski definition) is 1. The summed E-state index contributed by atoms with van der Waals surface area (Å²) in [5.74, 6) is -0.373. The van der Waals surface area contributed by atoms with Gasteiger partial charge in [-0.05, 0) is 24.3 Å². The molecule has 6 heteroatoms. The zero-order valence-electron chi connectivity index (χ0n) is 10.6. The summed E-state index contributed by atoms with van der Waals surface area (Å²) in [5.41, 5.74) is 1.82. The number of halogens is 1. The van der Waals surface area contributed by atoms with Gasteiger partial charge in [0.1, 0.15) is 0 Å². The van der Waals surface area contributed by atoms with E-state index in [0.29, 0.717) is 28.4 Å². The summed E-state index contributed by atoms with van der Waals surface area (Å²) in [7, 11) is 1.29. The zero-order chi connectivity index (χ0) is 14.5. The van der Waals surface area contributed by atoms with E-state index >= 15 is 0 Å². The van der Waals surface area contributed by atoms with Crippen molar-refractivity contribution in [1.29, 1.82) is 5.26 Å². The van der Waals surface area contributed by atoms with E-state index < -0.39 is 5.97 Å². The predicted molar refractivity (Wildman–Crippen MR) is 73.5 cm³/mol. The van der Waals surface area contributed by atoms with Gasteiger partial charge in [-0.25, -0.2) is 4.79 Å². The van der Waals surface area contributed by atoms with Crippen LogP contribution in [0.5, 0.6) is 0 Å². The molecular formula is C14H11ClN2O3. The molecule has 20 heavy (non-hydrogen) atoms. The number of hydrogen-bond acceptors (Lipinski definition) is 5. The Morgan fingerprint density at radius 2 is 2.30 bits per heavy atom. The second-order valence-corrected chi connectivity index (χ2v) is 4.33. The molecule has 0 aliphatic rings. The van der Waals surface area contributed by atoms with Gasteiger partial charge in [0, 0.05) is 12.1 Å². The van der Waals surface area contributed by atoms with Gasteiger partial charge in [-0.1, -0.05) is 11.6 Å². The molecule has 1 aromatic heterocycles. The number of furan rings is 1. The summed E-state index contributed by atoms with van der Waals surface area (Å²) in [6, 6.07) is 8.62. The lowest BCUT2D eigenvalue weighted by Gasteiger charge is -2.08. The molecule has 0 bridgehead atoms. The standard InChI is InChI=1S/C14H11ClN2O3/c1-19-14(18)13-10(4-5-20-13)8-17-12-3-2-9(7-16)6-11(12)15/h2-6,17H,8H2,1H3. The molecule has 0 aliphatic carbocycles. The van der Waals surface area contributed by atoms with Gasteiger partial charge in [0.25, 0.3) is 0 Å². The highest BCUT2D eigenvalue weighted by molar-refractivity contribution is 6.33. The molecule has 2 aromatic rings. The molecule has 1 N–H and O–H groups in total. The summed E-state index contributed by atoms with van der Waals surface area (Å²) in [6.07, 6.45) is 1.42. The van der Waals surface area contributed by atoms with Crippen molar-refractivity contribution in [2.45, 2.75) is 6.54 Å². The average Bonchev–Trinajstić information content (AvgIpc) is 2.93. The third-order valence-corrected chi connectivity index (χ3v) is 3.00. The number of benzene rings is 1. The molecule has 0 unspecified atom stereocenters. The summed E-state index contributed by atoms with van der Waals surface area (Å²) < 4.78 is 9.70. The van der Waals surface area contributed by atoms with Crippen molar-refractivity contribution in [3.63, 3.8) is 0 Å². The first-order chi connectivity index (χ1) is 9.65. The molecule has 0 aliphatic heterocycles. The normalized spacial score (nSPS) is 9.85. The lowest BCUT2D eigenvalue weighted by molar-refractivity contribution is 0.0563. The van der Waals surface area contributed by atoms with E-state index in [1.807, 2.05) is 6.07 Å². The maximum atomic E-state index is 11.5. The fraction of sp³-hybridized carbons (Fsp3) is 0.143. The highest BCUT2D eigenvalue weighted by Gasteiger charge is 2.15. The van der Waals surface area contributed by atoms with Crippen molar-refractivity contribution in [3.8, 4) is 6.07 Å². The smallest absolute Gasteiger partial charge is 0.374 e. The predicted octanol–water partition coefficient (Wildman–Crippen LogP) is 3.20. The van der Waals surface area contributed by atoms with Crippen LogP contribution in [0.3, 0.4) is 0 Å². The maximum Gasteiger partial charge on any atom is 0.374 e. The summed E-state index contributed by atoms with van der Waals surface area (Å²) in [5, 5.41) is 12.3. The van der Waals surface area contributed by atoms with E-state index in [1.165, 1.54) is 13.4 Å². The fourth-order valence-electron chi connectivity index (χ4n) is 1.67. The molecule has 2 rings (SSSR count). The number of nitriles is 1. The summed E-state index contributed by atoms with van der Waals surface area (Å²) in [6.45, 7) is 0.354. The van der Waals surface area contributed by atoms with Gasteiger partial charge < -0.3 is 14.5 Å². The Morgan fingerprint density at radius 3 is 2.95 bits per heavy atom. The number of esters is 1. The van der Waals surface area contributed by atoms with Gasteiger partial charge in [0.05, 0.1) is 35.7 Å². The van der Waals surface area contributed by atoms with Crippen LogP contribution >= 0.6 is 11.6 Å². The van der Waals surface area contributed by atoms with Crippen LogP contribution in [0, 0.1) is 11.3 Å². The van der Waals surface area contributed by atoms with Crippen LogP contribution in [0.4, 0.5) is 5.69 Å². The molecule has 0 atom stereocenters. The molecule has 1 aromatic carbocycles. The molecule has 5 nitrogen and oxygen atoms in total. The molecule has 0 saturated carbocycles.